The standard InChI is InChI=1S/C90H90N4O2/c1-7-9-11-13-15-29-63-93-87(77-51-43-67(44-52-77)65-39-47-73(48-40-65)83(75-55-59-79(60-56-75)91(3)4)81(69-31-21-17-22-32-69)70-33-23-18-24-34-70)85-86(89(93)95)88(94(90(85)96)64-30-16-14-12-10-8-2)78-53-45-68(46-54-78)66-41-49-74(50-42-66)84(76-57-61-80(62-58-76)92(5)6)82(71-35-25-19-26-36-71)72-37-27-20-28-38-72/h17-28,31-62H,7-16,29-30,63-64H2,1-6H3. The molecule has 2 amide bonds. The summed E-state index contributed by atoms with van der Waals surface area (Å²) in [7, 11) is 8.31. The molecule has 0 spiro atoms. The van der Waals surface area contributed by atoms with Gasteiger partial charge in [0, 0.05) is 52.7 Å². The Morgan fingerprint density at radius 1 is 0.260 bits per heavy atom. The lowest BCUT2D eigenvalue weighted by atomic mass is 9.85. The minimum absolute atomic E-state index is 0.0853. The van der Waals surface area contributed by atoms with Crippen molar-refractivity contribution in [2.24, 2.45) is 0 Å². The van der Waals surface area contributed by atoms with Gasteiger partial charge in [0.25, 0.3) is 11.8 Å². The van der Waals surface area contributed by atoms with E-state index in [9.17, 15) is 0 Å². The van der Waals surface area contributed by atoms with Gasteiger partial charge in [-0.05, 0) is 137 Å². The number of hydrogen-bond acceptors (Lipinski definition) is 4. The average Bonchev–Trinajstić information content (AvgIpc) is 1.56. The van der Waals surface area contributed by atoms with E-state index in [4.69, 9.17) is 0 Å². The number of carbonyl (C=O) groups excluding carboxylic acids is 2. The maximum Gasteiger partial charge on any atom is 0.261 e. The third-order valence-electron chi connectivity index (χ3n) is 19.1. The summed E-state index contributed by atoms with van der Waals surface area (Å²) in [6, 6.07) is 95.6. The molecule has 482 valence electrons. The van der Waals surface area contributed by atoms with E-state index in [-0.39, 0.29) is 11.8 Å². The first-order valence-corrected chi connectivity index (χ1v) is 34.9. The first kappa shape index (κ1) is 65.7. The molecule has 0 unspecified atom stereocenters. The van der Waals surface area contributed by atoms with Crippen LogP contribution < -0.4 is 9.80 Å². The van der Waals surface area contributed by atoms with Gasteiger partial charge in [0.05, 0.1) is 22.5 Å². The topological polar surface area (TPSA) is 47.1 Å². The lowest BCUT2D eigenvalue weighted by Gasteiger charge is -2.26. The highest BCUT2D eigenvalue weighted by atomic mass is 16.2. The lowest BCUT2D eigenvalue weighted by Crippen LogP contribution is -2.31. The zero-order chi connectivity index (χ0) is 66.3. The Morgan fingerprint density at radius 3 is 0.740 bits per heavy atom. The van der Waals surface area contributed by atoms with E-state index in [2.05, 4.69) is 319 Å². The maximum absolute atomic E-state index is 15.6. The van der Waals surface area contributed by atoms with Crippen molar-refractivity contribution in [2.45, 2.75) is 90.9 Å². The molecule has 10 aromatic carbocycles. The molecule has 0 N–H and O–H groups in total. The number of hydrogen-bond donors (Lipinski definition) is 0. The summed E-state index contributed by atoms with van der Waals surface area (Å²) in [6.45, 7) is 5.57. The summed E-state index contributed by atoms with van der Waals surface area (Å²) in [5.74, 6) is -0.171. The highest BCUT2D eigenvalue weighted by Crippen LogP contribution is 2.48. The molecule has 0 saturated heterocycles. The van der Waals surface area contributed by atoms with E-state index in [0.29, 0.717) is 24.2 Å². The Kier molecular flexibility index (Phi) is 21.4. The molecular formula is C90H90N4O2. The van der Waals surface area contributed by atoms with E-state index in [0.717, 1.165) is 150 Å². The monoisotopic (exact) mass is 1260 g/mol. The van der Waals surface area contributed by atoms with Crippen LogP contribution in [0, 0.1) is 0 Å². The van der Waals surface area contributed by atoms with Crippen LogP contribution in [-0.4, -0.2) is 62.9 Å². The van der Waals surface area contributed by atoms with Crippen molar-refractivity contribution >= 4 is 56.9 Å². The van der Waals surface area contributed by atoms with Gasteiger partial charge in [0.1, 0.15) is 0 Å². The second-order valence-electron chi connectivity index (χ2n) is 26.1. The van der Waals surface area contributed by atoms with Gasteiger partial charge in [-0.1, -0.05) is 321 Å². The zero-order valence-electron chi connectivity index (χ0n) is 56.9. The Bertz CT molecular complexity index is 4000. The van der Waals surface area contributed by atoms with Gasteiger partial charge >= 0.3 is 0 Å². The predicted octanol–water partition coefficient (Wildman–Crippen LogP) is 21.7. The SMILES string of the molecule is CCCCCCCCN1C(=O)C2=C(c3ccc(-c4ccc(C(=C(c5ccccc5)c5ccccc5)c5ccc(N(C)C)cc5)cc4)cc3)N(CCCCCCCC)C(=O)C2=C1c1ccc(-c2ccc(C(=C(c3ccccc3)c3ccccc3)c3ccc(N(C)C)cc3)cc2)cc1. The van der Waals surface area contributed by atoms with Crippen molar-refractivity contribution in [2.75, 3.05) is 51.1 Å². The fraction of sp³-hybridized carbons (Fsp3) is 0.222. The normalized spacial score (nSPS) is 12.8. The van der Waals surface area contributed by atoms with E-state index < -0.39 is 0 Å². The van der Waals surface area contributed by atoms with E-state index in [1.54, 1.807) is 0 Å². The van der Waals surface area contributed by atoms with Crippen LogP contribution in [0.25, 0.3) is 55.9 Å². The highest BCUT2D eigenvalue weighted by Gasteiger charge is 2.48. The second-order valence-corrected chi connectivity index (χ2v) is 26.1. The number of nitrogens with zero attached hydrogens (tertiary/aromatic N) is 4. The number of unbranched alkanes of at least 4 members (excludes halogenated alkanes) is 10. The quantitative estimate of drug-likeness (QED) is 0.0362. The van der Waals surface area contributed by atoms with Crippen molar-refractivity contribution in [3.8, 4) is 22.3 Å². The molecule has 0 fully saturated rings. The molecule has 2 heterocycles. The van der Waals surface area contributed by atoms with E-state index in [1.165, 1.54) is 49.7 Å². The van der Waals surface area contributed by atoms with Crippen molar-refractivity contribution in [3.63, 3.8) is 0 Å². The minimum atomic E-state index is -0.0853. The number of carbonyl (C=O) groups is 2. The van der Waals surface area contributed by atoms with E-state index >= 15 is 9.59 Å². The first-order chi connectivity index (χ1) is 47.1. The molecule has 6 heteroatoms. The van der Waals surface area contributed by atoms with Crippen LogP contribution in [-0.2, 0) is 9.59 Å². The van der Waals surface area contributed by atoms with Gasteiger partial charge in [-0.25, -0.2) is 0 Å². The number of rotatable bonds is 28. The van der Waals surface area contributed by atoms with Crippen molar-refractivity contribution in [1.29, 1.82) is 0 Å². The van der Waals surface area contributed by atoms with Crippen LogP contribution in [0.4, 0.5) is 11.4 Å². The lowest BCUT2D eigenvalue weighted by molar-refractivity contribution is -0.124. The van der Waals surface area contributed by atoms with Gasteiger partial charge in [-0.2, -0.15) is 0 Å². The van der Waals surface area contributed by atoms with E-state index in [1.807, 2.05) is 9.80 Å². The van der Waals surface area contributed by atoms with Gasteiger partial charge in [-0.3, -0.25) is 9.59 Å². The van der Waals surface area contributed by atoms with Gasteiger partial charge in [0.2, 0.25) is 0 Å². The Morgan fingerprint density at radius 2 is 0.479 bits per heavy atom. The zero-order valence-corrected chi connectivity index (χ0v) is 56.9. The third-order valence-corrected chi connectivity index (χ3v) is 19.1. The van der Waals surface area contributed by atoms with Crippen LogP contribution in [0.5, 0.6) is 0 Å². The predicted molar refractivity (Wildman–Crippen MR) is 405 cm³/mol. The Balaban J connectivity index is 0.907. The number of fused-ring (bicyclic) bond motifs is 1. The molecular weight excluding hydrogens is 1170 g/mol. The number of amides is 2. The second kappa shape index (κ2) is 31.3. The van der Waals surface area contributed by atoms with Crippen molar-refractivity contribution < 1.29 is 9.59 Å². The summed E-state index contributed by atoms with van der Waals surface area (Å²) in [6.07, 6.45) is 13.1. The molecule has 0 radical (unpaired) electrons. The average molecular weight is 1260 g/mol. The minimum Gasteiger partial charge on any atom is -0.378 e. The summed E-state index contributed by atoms with van der Waals surface area (Å²) >= 11 is 0. The van der Waals surface area contributed by atoms with Crippen LogP contribution in [0.3, 0.4) is 0 Å². The fourth-order valence-electron chi connectivity index (χ4n) is 13.9. The summed E-state index contributed by atoms with van der Waals surface area (Å²) in [5.41, 5.74) is 24.6. The molecule has 0 atom stereocenters. The maximum atomic E-state index is 15.6. The number of benzene rings is 10. The third kappa shape index (κ3) is 14.6. The molecule has 2 aliphatic rings. The fourth-order valence-corrected chi connectivity index (χ4v) is 13.9. The van der Waals surface area contributed by atoms with Crippen LogP contribution in [0.1, 0.15) is 147 Å². The molecule has 96 heavy (non-hydrogen) atoms. The first-order valence-electron chi connectivity index (χ1n) is 34.9. The van der Waals surface area contributed by atoms with Crippen molar-refractivity contribution in [3.05, 3.63) is 334 Å². The highest BCUT2D eigenvalue weighted by molar-refractivity contribution is 6.30. The van der Waals surface area contributed by atoms with Crippen molar-refractivity contribution in [1.82, 2.24) is 9.80 Å². The van der Waals surface area contributed by atoms with Gasteiger partial charge in [-0.15, -0.1) is 0 Å². The van der Waals surface area contributed by atoms with Gasteiger partial charge in [0.15, 0.2) is 0 Å². The van der Waals surface area contributed by atoms with Crippen LogP contribution in [0.2, 0.25) is 0 Å². The molecule has 0 bridgehead atoms. The van der Waals surface area contributed by atoms with Gasteiger partial charge < -0.3 is 19.6 Å². The molecule has 0 saturated carbocycles. The molecule has 0 aliphatic carbocycles. The summed E-state index contributed by atoms with van der Waals surface area (Å²) in [5, 5.41) is 0. The summed E-state index contributed by atoms with van der Waals surface area (Å²) in [4.78, 5) is 39.4. The number of anilines is 2. The molecule has 0 aromatic heterocycles. The Labute approximate surface area is 570 Å². The van der Waals surface area contributed by atoms with Crippen LogP contribution in [0.15, 0.2) is 278 Å². The molecule has 12 rings (SSSR count). The molecule has 2 aliphatic heterocycles. The Hall–Kier alpha value is -10.3. The smallest absolute Gasteiger partial charge is 0.261 e. The molecule has 6 nitrogen and oxygen atoms in total. The molecule has 10 aromatic rings. The largest absolute Gasteiger partial charge is 0.378 e. The summed E-state index contributed by atoms with van der Waals surface area (Å²) < 4.78 is 0. The van der Waals surface area contributed by atoms with Crippen LogP contribution >= 0.6 is 0 Å².